The third kappa shape index (κ3) is 1.30. The predicted molar refractivity (Wildman–Crippen MR) is 58.5 cm³/mol. The maximum Gasteiger partial charge on any atom is 0.153 e. The smallest absolute Gasteiger partial charge is 0.153 e. The number of rotatable bonds is 2. The van der Waals surface area contributed by atoms with Gasteiger partial charge in [-0.1, -0.05) is 6.07 Å². The number of aryl methyl sites for hydroxylation is 1. The molecule has 2 aromatic rings. The Morgan fingerprint density at radius 3 is 2.86 bits per heavy atom. The number of carbonyl (C=O) groups excluding carboxylic acids is 1. The van der Waals surface area contributed by atoms with Crippen LogP contribution in [0.2, 0.25) is 0 Å². The van der Waals surface area contributed by atoms with Gasteiger partial charge >= 0.3 is 0 Å². The van der Waals surface area contributed by atoms with Crippen LogP contribution in [0, 0.1) is 6.92 Å². The fourth-order valence-electron chi connectivity index (χ4n) is 1.52. The molecule has 14 heavy (non-hydrogen) atoms. The molecular formula is C11H10O2S. The molecule has 3 heteroatoms. The van der Waals surface area contributed by atoms with E-state index in [1.807, 2.05) is 13.0 Å². The van der Waals surface area contributed by atoms with Crippen LogP contribution in [0.1, 0.15) is 15.2 Å². The number of carbonyl (C=O) groups is 1. The van der Waals surface area contributed by atoms with Crippen LogP contribution in [0.5, 0.6) is 5.75 Å². The molecule has 1 heterocycles. The van der Waals surface area contributed by atoms with Crippen molar-refractivity contribution in [2.24, 2.45) is 0 Å². The highest BCUT2D eigenvalue weighted by molar-refractivity contribution is 7.19. The molecule has 0 aliphatic heterocycles. The molecule has 0 saturated carbocycles. The van der Waals surface area contributed by atoms with Gasteiger partial charge in [-0.3, -0.25) is 4.79 Å². The summed E-state index contributed by atoms with van der Waals surface area (Å²) in [5.74, 6) is 0.690. The molecule has 0 saturated heterocycles. The largest absolute Gasteiger partial charge is 0.494 e. The number of fused-ring (bicyclic) bond motifs is 1. The summed E-state index contributed by atoms with van der Waals surface area (Å²) in [4.78, 5) is 12.0. The summed E-state index contributed by atoms with van der Waals surface area (Å²) in [6.45, 7) is 2.05. The van der Waals surface area contributed by atoms with Gasteiger partial charge in [-0.2, -0.15) is 0 Å². The molecule has 0 N–H and O–H groups in total. The van der Waals surface area contributed by atoms with Gasteiger partial charge in [0, 0.05) is 4.88 Å². The van der Waals surface area contributed by atoms with Gasteiger partial charge in [0.25, 0.3) is 0 Å². The Kier molecular flexibility index (Phi) is 2.25. The van der Waals surface area contributed by atoms with Crippen LogP contribution in [-0.4, -0.2) is 13.4 Å². The van der Waals surface area contributed by atoms with Gasteiger partial charge in [-0.25, -0.2) is 0 Å². The SMILES string of the molecule is COc1c(C=O)ccc2cc(C)sc12. The van der Waals surface area contributed by atoms with Crippen LogP contribution in [-0.2, 0) is 0 Å². The van der Waals surface area contributed by atoms with Crippen molar-refractivity contribution < 1.29 is 9.53 Å². The van der Waals surface area contributed by atoms with Gasteiger partial charge < -0.3 is 4.74 Å². The van der Waals surface area contributed by atoms with E-state index in [-0.39, 0.29) is 0 Å². The zero-order valence-electron chi connectivity index (χ0n) is 8.03. The van der Waals surface area contributed by atoms with E-state index in [2.05, 4.69) is 6.07 Å². The Morgan fingerprint density at radius 1 is 1.43 bits per heavy atom. The summed E-state index contributed by atoms with van der Waals surface area (Å²) in [6.07, 6.45) is 0.827. The molecule has 1 aromatic heterocycles. The first-order chi connectivity index (χ1) is 6.76. The average Bonchev–Trinajstić information content (AvgIpc) is 2.56. The zero-order valence-corrected chi connectivity index (χ0v) is 8.85. The Hall–Kier alpha value is -1.35. The predicted octanol–water partition coefficient (Wildman–Crippen LogP) is 3.03. The van der Waals surface area contributed by atoms with E-state index in [9.17, 15) is 4.79 Å². The highest BCUT2D eigenvalue weighted by Gasteiger charge is 2.09. The molecule has 0 amide bonds. The minimum Gasteiger partial charge on any atom is -0.494 e. The summed E-state index contributed by atoms with van der Waals surface area (Å²) in [6, 6.07) is 5.84. The summed E-state index contributed by atoms with van der Waals surface area (Å²) < 4.78 is 6.29. The van der Waals surface area contributed by atoms with E-state index in [0.717, 1.165) is 16.4 Å². The molecule has 2 rings (SSSR count). The Labute approximate surface area is 86.1 Å². The van der Waals surface area contributed by atoms with Gasteiger partial charge in [-0.15, -0.1) is 11.3 Å². The lowest BCUT2D eigenvalue weighted by Crippen LogP contribution is -1.89. The summed E-state index contributed by atoms with van der Waals surface area (Å²) in [5.41, 5.74) is 0.613. The molecule has 0 aliphatic rings. The van der Waals surface area contributed by atoms with Crippen LogP contribution >= 0.6 is 11.3 Å². The molecular weight excluding hydrogens is 196 g/mol. The maximum absolute atomic E-state index is 10.8. The number of hydrogen-bond donors (Lipinski definition) is 0. The lowest BCUT2D eigenvalue weighted by Gasteiger charge is -2.03. The van der Waals surface area contributed by atoms with Gasteiger partial charge in [0.05, 0.1) is 17.4 Å². The molecule has 1 aromatic carbocycles. The van der Waals surface area contributed by atoms with E-state index in [1.165, 1.54) is 4.88 Å². The van der Waals surface area contributed by atoms with Crippen LogP contribution in [0.3, 0.4) is 0 Å². The Bertz CT molecular complexity index is 485. The highest BCUT2D eigenvalue weighted by atomic mass is 32.1. The number of benzene rings is 1. The fourth-order valence-corrected chi connectivity index (χ4v) is 2.57. The molecule has 0 radical (unpaired) electrons. The lowest BCUT2D eigenvalue weighted by atomic mass is 10.1. The molecule has 0 atom stereocenters. The number of aldehydes is 1. The van der Waals surface area contributed by atoms with E-state index in [1.54, 1.807) is 24.5 Å². The van der Waals surface area contributed by atoms with Gasteiger partial charge in [0.1, 0.15) is 5.75 Å². The first-order valence-electron chi connectivity index (χ1n) is 4.28. The van der Waals surface area contributed by atoms with Crippen molar-refractivity contribution in [3.05, 3.63) is 28.6 Å². The lowest BCUT2D eigenvalue weighted by molar-refractivity contribution is 0.112. The molecule has 0 spiro atoms. The highest BCUT2D eigenvalue weighted by Crippen LogP contribution is 2.35. The van der Waals surface area contributed by atoms with E-state index < -0.39 is 0 Å². The number of methoxy groups -OCH3 is 1. The molecule has 2 nitrogen and oxygen atoms in total. The number of thiophene rings is 1. The maximum atomic E-state index is 10.8. The van der Waals surface area contributed by atoms with Crippen LogP contribution in [0.4, 0.5) is 0 Å². The molecule has 0 unspecified atom stereocenters. The van der Waals surface area contributed by atoms with Crippen LogP contribution in [0.25, 0.3) is 10.1 Å². The fraction of sp³-hybridized carbons (Fsp3) is 0.182. The van der Waals surface area contributed by atoms with E-state index >= 15 is 0 Å². The molecule has 0 bridgehead atoms. The van der Waals surface area contributed by atoms with Crippen molar-refractivity contribution >= 4 is 27.7 Å². The van der Waals surface area contributed by atoms with Crippen molar-refractivity contribution in [2.75, 3.05) is 7.11 Å². The Morgan fingerprint density at radius 2 is 2.21 bits per heavy atom. The third-order valence-electron chi connectivity index (χ3n) is 2.13. The van der Waals surface area contributed by atoms with E-state index in [4.69, 9.17) is 4.74 Å². The van der Waals surface area contributed by atoms with Crippen molar-refractivity contribution in [3.63, 3.8) is 0 Å². The Balaban J connectivity index is 2.82. The van der Waals surface area contributed by atoms with Crippen molar-refractivity contribution in [3.8, 4) is 5.75 Å². The second kappa shape index (κ2) is 3.42. The van der Waals surface area contributed by atoms with Gasteiger partial charge in [0.2, 0.25) is 0 Å². The summed E-state index contributed by atoms with van der Waals surface area (Å²) >= 11 is 1.65. The number of ether oxygens (including phenoxy) is 1. The average molecular weight is 206 g/mol. The third-order valence-corrected chi connectivity index (χ3v) is 3.19. The first-order valence-corrected chi connectivity index (χ1v) is 5.10. The minimum atomic E-state index is 0.613. The quantitative estimate of drug-likeness (QED) is 0.706. The standard InChI is InChI=1S/C11H10O2S/c1-7-5-8-3-4-9(6-12)10(13-2)11(8)14-7/h3-6H,1-2H3. The van der Waals surface area contributed by atoms with Gasteiger partial charge in [0.15, 0.2) is 6.29 Å². The van der Waals surface area contributed by atoms with Crippen LogP contribution in [0.15, 0.2) is 18.2 Å². The van der Waals surface area contributed by atoms with Crippen LogP contribution < -0.4 is 4.74 Å². The van der Waals surface area contributed by atoms with E-state index in [0.29, 0.717) is 11.3 Å². The first kappa shape index (κ1) is 9.21. The van der Waals surface area contributed by atoms with Gasteiger partial charge in [-0.05, 0) is 24.4 Å². The topological polar surface area (TPSA) is 26.3 Å². The normalized spacial score (nSPS) is 10.4. The van der Waals surface area contributed by atoms with Crippen molar-refractivity contribution in [1.29, 1.82) is 0 Å². The monoisotopic (exact) mass is 206 g/mol. The summed E-state index contributed by atoms with van der Waals surface area (Å²) in [7, 11) is 1.59. The summed E-state index contributed by atoms with van der Waals surface area (Å²) in [5, 5.41) is 1.13. The van der Waals surface area contributed by atoms with Crippen molar-refractivity contribution in [1.82, 2.24) is 0 Å². The second-order valence-corrected chi connectivity index (χ2v) is 4.34. The molecule has 0 aliphatic carbocycles. The minimum absolute atomic E-state index is 0.613. The molecule has 72 valence electrons. The zero-order chi connectivity index (χ0) is 10.1. The number of hydrogen-bond acceptors (Lipinski definition) is 3. The van der Waals surface area contributed by atoms with Crippen molar-refractivity contribution in [2.45, 2.75) is 6.92 Å². The second-order valence-electron chi connectivity index (χ2n) is 3.08. The molecule has 0 fully saturated rings.